The number of hydrogen-bond acceptors (Lipinski definition) is 2. The highest BCUT2D eigenvalue weighted by Gasteiger charge is 2.46. The molecule has 0 aromatic heterocycles. The number of unbranched alkanes of at least 4 members (excludes halogenated alkanes) is 4. The van der Waals surface area contributed by atoms with Crippen LogP contribution in [0.5, 0.6) is 0 Å². The molecule has 30 heavy (non-hydrogen) atoms. The highest BCUT2D eigenvalue weighted by atomic mass is 79.9. The lowest BCUT2D eigenvalue weighted by Gasteiger charge is -2.55. The van der Waals surface area contributed by atoms with Crippen molar-refractivity contribution in [3.8, 4) is 0 Å². The quantitative estimate of drug-likeness (QED) is 0.353. The Morgan fingerprint density at radius 2 is 1.67 bits per heavy atom. The van der Waals surface area contributed by atoms with Gasteiger partial charge in [-0.2, -0.15) is 0 Å². The zero-order valence-electron chi connectivity index (χ0n) is 18.9. The lowest BCUT2D eigenvalue weighted by Crippen LogP contribution is -3.00. The molecule has 0 spiro atoms. The lowest BCUT2D eigenvalue weighted by atomic mass is 9.78. The summed E-state index contributed by atoms with van der Waals surface area (Å²) in [5.74, 6) is 0.987. The van der Waals surface area contributed by atoms with Crippen LogP contribution in [0.3, 0.4) is 0 Å². The second-order valence-electron chi connectivity index (χ2n) is 9.60. The maximum absolute atomic E-state index is 11.3. The average molecular weight is 502 g/mol. The molecule has 3 heterocycles. The third-order valence-corrected chi connectivity index (χ3v) is 7.92. The van der Waals surface area contributed by atoms with E-state index in [0.717, 1.165) is 18.4 Å². The van der Waals surface area contributed by atoms with Crippen molar-refractivity contribution in [2.24, 2.45) is 5.92 Å². The average Bonchev–Trinajstić information content (AvgIpc) is 2.69. The fraction of sp³-hybridized carbons (Fsp3) is 0.750. The summed E-state index contributed by atoms with van der Waals surface area (Å²) in [6, 6.07) is 8.78. The predicted octanol–water partition coefficient (Wildman–Crippen LogP) is 2.35. The molecule has 2 bridgehead atoms. The van der Waals surface area contributed by atoms with Crippen LogP contribution in [-0.4, -0.2) is 44.8 Å². The summed E-state index contributed by atoms with van der Waals surface area (Å²) in [6.07, 6.45) is 16.2. The standard InChI is InChI=1S/C24H41N2O2S.BrH/c1-3-4-5-6-7-17-26-18-15-22(16-19-26)20-24(26)10-8-9-21-11-13-23(14-12-21)25-29(2,27)28;/h11-14,22,24-25H,3-10,15-20H2,1-2H3;1H/q+1;/p-1. The van der Waals surface area contributed by atoms with Crippen LogP contribution in [-0.2, 0) is 16.4 Å². The van der Waals surface area contributed by atoms with E-state index < -0.39 is 10.0 Å². The van der Waals surface area contributed by atoms with Crippen LogP contribution in [0.4, 0.5) is 5.69 Å². The molecule has 1 atom stereocenters. The number of quaternary nitrogens is 1. The summed E-state index contributed by atoms with van der Waals surface area (Å²) in [5, 5.41) is 0. The van der Waals surface area contributed by atoms with Gasteiger partial charge in [-0.05, 0) is 68.6 Å². The van der Waals surface area contributed by atoms with E-state index in [1.165, 1.54) is 100 Å². The molecule has 3 saturated heterocycles. The molecule has 4 rings (SSSR count). The van der Waals surface area contributed by atoms with Gasteiger partial charge in [0.2, 0.25) is 10.0 Å². The molecular formula is C24H41BrN2O2S. The zero-order chi connectivity index (χ0) is 20.7. The van der Waals surface area contributed by atoms with Crippen LogP contribution >= 0.6 is 0 Å². The summed E-state index contributed by atoms with van der Waals surface area (Å²) in [7, 11) is -3.20. The number of sulfonamides is 1. The number of nitrogens with one attached hydrogen (secondary N) is 1. The fourth-order valence-corrected chi connectivity index (χ4v) is 6.23. The first-order valence-electron chi connectivity index (χ1n) is 11.8. The molecule has 0 aliphatic carbocycles. The van der Waals surface area contributed by atoms with Crippen molar-refractivity contribution in [3.05, 3.63) is 29.8 Å². The minimum atomic E-state index is -3.20. The van der Waals surface area contributed by atoms with Crippen molar-refractivity contribution in [3.63, 3.8) is 0 Å². The first-order chi connectivity index (χ1) is 13.9. The fourth-order valence-electron chi connectivity index (χ4n) is 5.67. The van der Waals surface area contributed by atoms with Crippen LogP contribution in [0, 0.1) is 5.92 Å². The maximum atomic E-state index is 11.3. The minimum absolute atomic E-state index is 0. The predicted molar refractivity (Wildman–Crippen MR) is 123 cm³/mol. The van der Waals surface area contributed by atoms with Gasteiger partial charge >= 0.3 is 0 Å². The lowest BCUT2D eigenvalue weighted by molar-refractivity contribution is -0.966. The van der Waals surface area contributed by atoms with Gasteiger partial charge in [-0.25, -0.2) is 8.42 Å². The minimum Gasteiger partial charge on any atom is -1.00 e. The van der Waals surface area contributed by atoms with Crippen molar-refractivity contribution in [2.75, 3.05) is 30.6 Å². The molecule has 0 amide bonds. The third-order valence-electron chi connectivity index (χ3n) is 7.31. The summed E-state index contributed by atoms with van der Waals surface area (Å²) < 4.78 is 26.6. The Kier molecular flexibility index (Phi) is 10.2. The zero-order valence-corrected chi connectivity index (χ0v) is 21.3. The second kappa shape index (κ2) is 11.9. The monoisotopic (exact) mass is 500 g/mol. The van der Waals surface area contributed by atoms with Gasteiger partial charge in [0.15, 0.2) is 0 Å². The Morgan fingerprint density at radius 3 is 2.30 bits per heavy atom. The van der Waals surface area contributed by atoms with Crippen LogP contribution in [0.15, 0.2) is 24.3 Å². The van der Waals surface area contributed by atoms with Gasteiger partial charge < -0.3 is 21.5 Å². The van der Waals surface area contributed by atoms with Gasteiger partial charge in [0, 0.05) is 12.1 Å². The highest BCUT2D eigenvalue weighted by Crippen LogP contribution is 2.40. The SMILES string of the molecule is CCCCCCC[N+]12CCC(CC1)CC2CCCc1ccc(NS(C)(=O)=O)cc1.[Br-]. The molecule has 4 nitrogen and oxygen atoms in total. The van der Waals surface area contributed by atoms with E-state index >= 15 is 0 Å². The molecule has 0 radical (unpaired) electrons. The van der Waals surface area contributed by atoms with Crippen LogP contribution in [0.2, 0.25) is 0 Å². The van der Waals surface area contributed by atoms with Gasteiger partial charge in [-0.3, -0.25) is 4.72 Å². The van der Waals surface area contributed by atoms with E-state index in [4.69, 9.17) is 0 Å². The largest absolute Gasteiger partial charge is 1.00 e. The first kappa shape index (κ1) is 25.7. The molecule has 1 aromatic rings. The number of anilines is 1. The molecular weight excluding hydrogens is 460 g/mol. The van der Waals surface area contributed by atoms with Gasteiger partial charge in [0.1, 0.15) is 0 Å². The van der Waals surface area contributed by atoms with E-state index in [0.29, 0.717) is 5.69 Å². The number of benzene rings is 1. The smallest absolute Gasteiger partial charge is 0.229 e. The van der Waals surface area contributed by atoms with Gasteiger partial charge in [0.05, 0.1) is 31.9 Å². The topological polar surface area (TPSA) is 46.2 Å². The van der Waals surface area contributed by atoms with Gasteiger partial charge in [0.25, 0.3) is 0 Å². The second-order valence-corrected chi connectivity index (χ2v) is 11.3. The first-order valence-corrected chi connectivity index (χ1v) is 13.7. The molecule has 3 aliphatic rings. The molecule has 1 unspecified atom stereocenters. The van der Waals surface area contributed by atoms with E-state index in [9.17, 15) is 8.42 Å². The third kappa shape index (κ3) is 7.52. The highest BCUT2D eigenvalue weighted by molar-refractivity contribution is 7.92. The summed E-state index contributed by atoms with van der Waals surface area (Å²) in [4.78, 5) is 0. The van der Waals surface area contributed by atoms with Crippen molar-refractivity contribution in [2.45, 2.75) is 83.6 Å². The number of nitrogens with zero attached hydrogens (tertiary/aromatic N) is 1. The number of halogens is 1. The molecule has 3 fully saturated rings. The van der Waals surface area contributed by atoms with Crippen molar-refractivity contribution >= 4 is 15.7 Å². The van der Waals surface area contributed by atoms with E-state index in [1.54, 1.807) is 0 Å². The van der Waals surface area contributed by atoms with Crippen LogP contribution in [0.1, 0.15) is 76.7 Å². The van der Waals surface area contributed by atoms with Crippen LogP contribution < -0.4 is 21.7 Å². The molecule has 172 valence electrons. The summed E-state index contributed by atoms with van der Waals surface area (Å²) in [6.45, 7) is 6.56. The molecule has 1 N–H and O–H groups in total. The van der Waals surface area contributed by atoms with Crippen molar-refractivity contribution in [1.29, 1.82) is 0 Å². The van der Waals surface area contributed by atoms with E-state index in [2.05, 4.69) is 23.8 Å². The van der Waals surface area contributed by atoms with Crippen LogP contribution in [0.25, 0.3) is 0 Å². The van der Waals surface area contributed by atoms with Gasteiger partial charge in [-0.1, -0.05) is 38.3 Å². The van der Waals surface area contributed by atoms with E-state index in [-0.39, 0.29) is 17.0 Å². The number of hydrogen-bond donors (Lipinski definition) is 1. The normalized spacial score (nSPS) is 25.7. The molecule has 1 aromatic carbocycles. The summed E-state index contributed by atoms with van der Waals surface area (Å²) in [5.41, 5.74) is 1.96. The van der Waals surface area contributed by atoms with Gasteiger partial charge in [-0.15, -0.1) is 0 Å². The summed E-state index contributed by atoms with van der Waals surface area (Å²) >= 11 is 0. The van der Waals surface area contributed by atoms with Crippen molar-refractivity contribution < 1.29 is 29.9 Å². The number of fused-ring (bicyclic) bond motifs is 3. The van der Waals surface area contributed by atoms with Crippen molar-refractivity contribution in [1.82, 2.24) is 0 Å². The Hall–Kier alpha value is -0.590. The Balaban J connectivity index is 0.00000320. The Morgan fingerprint density at radius 1 is 1.00 bits per heavy atom. The number of rotatable bonds is 12. The maximum Gasteiger partial charge on any atom is 0.229 e. The Bertz CT molecular complexity index is 728. The number of aryl methyl sites for hydroxylation is 1. The molecule has 3 aliphatic heterocycles. The molecule has 6 heteroatoms. The molecule has 0 saturated carbocycles. The Labute approximate surface area is 195 Å². The van der Waals surface area contributed by atoms with E-state index in [1.807, 2.05) is 12.1 Å². The number of piperidine rings is 3.